The minimum atomic E-state index is -0.737. The van der Waals surface area contributed by atoms with Crippen LogP contribution in [-0.2, 0) is 4.79 Å². The molecular weight excluding hydrogens is 240 g/mol. The first-order valence-corrected chi connectivity index (χ1v) is 7.06. The first kappa shape index (κ1) is 13.5. The van der Waals surface area contributed by atoms with E-state index in [0.29, 0.717) is 11.0 Å². The van der Waals surface area contributed by atoms with E-state index in [-0.39, 0.29) is 6.42 Å². The molecule has 1 N–H and O–H groups in total. The van der Waals surface area contributed by atoms with Gasteiger partial charge in [-0.15, -0.1) is 23.5 Å². The molecule has 0 aliphatic carbocycles. The third-order valence-electron chi connectivity index (χ3n) is 1.78. The summed E-state index contributed by atoms with van der Waals surface area (Å²) in [5.74, 6) is -0.106. The predicted octanol–water partition coefficient (Wildman–Crippen LogP) is 3.75. The number of thioether (sulfide) groups is 2. The zero-order valence-electron chi connectivity index (χ0n) is 9.47. The molecule has 0 heterocycles. The molecule has 4 heteroatoms. The van der Waals surface area contributed by atoms with Crippen LogP contribution in [0.1, 0.15) is 20.3 Å². The van der Waals surface area contributed by atoms with Crippen LogP contribution in [0.3, 0.4) is 0 Å². The molecular formula is C12H16O2S2. The fourth-order valence-electron chi connectivity index (χ4n) is 1.14. The lowest BCUT2D eigenvalue weighted by atomic mass is 10.4. The second-order valence-corrected chi connectivity index (χ2v) is 6.45. The standard InChI is InChI=1S/C12H16O2S2/c1-9(2)16-11-5-3-10(4-6-11)15-8-7-12(13)14/h3-6,9H,7-8H2,1-2H3,(H,13,14). The van der Waals surface area contributed by atoms with Crippen LogP contribution >= 0.6 is 23.5 Å². The van der Waals surface area contributed by atoms with Crippen LogP contribution in [0.25, 0.3) is 0 Å². The normalized spacial score (nSPS) is 10.7. The van der Waals surface area contributed by atoms with E-state index in [0.717, 1.165) is 4.90 Å². The Bertz CT molecular complexity index is 333. The van der Waals surface area contributed by atoms with E-state index in [1.807, 2.05) is 11.8 Å². The van der Waals surface area contributed by atoms with Crippen molar-refractivity contribution >= 4 is 29.5 Å². The SMILES string of the molecule is CC(C)Sc1ccc(SCCC(=O)O)cc1. The maximum atomic E-state index is 10.3. The summed E-state index contributed by atoms with van der Waals surface area (Å²) in [6.45, 7) is 4.33. The molecule has 0 bridgehead atoms. The third kappa shape index (κ3) is 5.47. The van der Waals surface area contributed by atoms with Crippen molar-refractivity contribution in [1.82, 2.24) is 0 Å². The summed E-state index contributed by atoms with van der Waals surface area (Å²) in [5.41, 5.74) is 0. The number of carbonyl (C=O) groups is 1. The molecule has 2 nitrogen and oxygen atoms in total. The van der Waals surface area contributed by atoms with Gasteiger partial charge >= 0.3 is 5.97 Å². The first-order chi connectivity index (χ1) is 7.58. The van der Waals surface area contributed by atoms with Gasteiger partial charge in [0.05, 0.1) is 6.42 Å². The number of carboxylic acid groups (broad SMARTS) is 1. The van der Waals surface area contributed by atoms with Crippen LogP contribution in [0.4, 0.5) is 0 Å². The van der Waals surface area contributed by atoms with Crippen LogP contribution in [0.5, 0.6) is 0 Å². The maximum absolute atomic E-state index is 10.3. The summed E-state index contributed by atoms with van der Waals surface area (Å²) in [5, 5.41) is 9.11. The quantitative estimate of drug-likeness (QED) is 0.786. The minimum absolute atomic E-state index is 0.215. The fraction of sp³-hybridized carbons (Fsp3) is 0.417. The molecule has 0 amide bonds. The Labute approximate surface area is 105 Å². The summed E-state index contributed by atoms with van der Waals surface area (Å²) in [6.07, 6.45) is 0.215. The van der Waals surface area contributed by atoms with Gasteiger partial charge < -0.3 is 5.11 Å². The number of carboxylic acids is 1. The third-order valence-corrected chi connectivity index (χ3v) is 3.81. The number of benzene rings is 1. The van der Waals surface area contributed by atoms with E-state index in [4.69, 9.17) is 5.11 Å². The monoisotopic (exact) mass is 256 g/mol. The van der Waals surface area contributed by atoms with Crippen molar-refractivity contribution in [2.75, 3.05) is 5.75 Å². The van der Waals surface area contributed by atoms with Crippen LogP contribution in [0, 0.1) is 0 Å². The van der Waals surface area contributed by atoms with Gasteiger partial charge in [-0.05, 0) is 24.3 Å². The van der Waals surface area contributed by atoms with Gasteiger partial charge in [0, 0.05) is 20.8 Å². The summed E-state index contributed by atoms with van der Waals surface area (Å²) >= 11 is 3.42. The molecule has 0 atom stereocenters. The van der Waals surface area contributed by atoms with Gasteiger partial charge in [0.25, 0.3) is 0 Å². The van der Waals surface area contributed by atoms with Gasteiger partial charge in [-0.1, -0.05) is 13.8 Å². The van der Waals surface area contributed by atoms with Crippen LogP contribution in [-0.4, -0.2) is 22.1 Å². The van der Waals surface area contributed by atoms with E-state index >= 15 is 0 Å². The maximum Gasteiger partial charge on any atom is 0.304 e. The van der Waals surface area contributed by atoms with E-state index in [9.17, 15) is 4.79 Å². The molecule has 0 saturated carbocycles. The summed E-state index contributed by atoms with van der Waals surface area (Å²) < 4.78 is 0. The van der Waals surface area contributed by atoms with E-state index < -0.39 is 5.97 Å². The average molecular weight is 256 g/mol. The molecule has 0 aromatic heterocycles. The van der Waals surface area contributed by atoms with Gasteiger partial charge in [0.2, 0.25) is 0 Å². The number of hydrogen-bond acceptors (Lipinski definition) is 3. The summed E-state index contributed by atoms with van der Waals surface area (Å²) in [7, 11) is 0. The van der Waals surface area contributed by atoms with E-state index in [1.54, 1.807) is 11.8 Å². The fourth-order valence-corrected chi connectivity index (χ4v) is 2.82. The molecule has 1 aromatic carbocycles. The Morgan fingerprint density at radius 3 is 2.31 bits per heavy atom. The molecule has 0 spiro atoms. The van der Waals surface area contributed by atoms with Gasteiger partial charge in [-0.2, -0.15) is 0 Å². The predicted molar refractivity (Wildman–Crippen MR) is 70.4 cm³/mol. The smallest absolute Gasteiger partial charge is 0.304 e. The van der Waals surface area contributed by atoms with Crippen molar-refractivity contribution in [1.29, 1.82) is 0 Å². The lowest BCUT2D eigenvalue weighted by Gasteiger charge is -2.05. The molecule has 0 aliphatic heterocycles. The van der Waals surface area contributed by atoms with Crippen molar-refractivity contribution in [3.8, 4) is 0 Å². The molecule has 1 rings (SSSR count). The van der Waals surface area contributed by atoms with Crippen molar-refractivity contribution < 1.29 is 9.90 Å². The minimum Gasteiger partial charge on any atom is -0.481 e. The van der Waals surface area contributed by atoms with E-state index in [1.165, 1.54) is 4.90 Å². The lowest BCUT2D eigenvalue weighted by Crippen LogP contribution is -1.95. The highest BCUT2D eigenvalue weighted by atomic mass is 32.2. The highest BCUT2D eigenvalue weighted by molar-refractivity contribution is 8.00. The van der Waals surface area contributed by atoms with Gasteiger partial charge in [0.15, 0.2) is 0 Å². The Morgan fingerprint density at radius 2 is 1.81 bits per heavy atom. The zero-order chi connectivity index (χ0) is 12.0. The van der Waals surface area contributed by atoms with Gasteiger partial charge in [-0.3, -0.25) is 4.79 Å². The van der Waals surface area contributed by atoms with Crippen molar-refractivity contribution in [3.05, 3.63) is 24.3 Å². The van der Waals surface area contributed by atoms with Crippen LogP contribution in [0.15, 0.2) is 34.1 Å². The Morgan fingerprint density at radius 1 is 1.25 bits per heavy atom. The summed E-state index contributed by atoms with van der Waals surface area (Å²) in [6, 6.07) is 8.29. The van der Waals surface area contributed by atoms with Crippen LogP contribution in [0.2, 0.25) is 0 Å². The molecule has 0 unspecified atom stereocenters. The topological polar surface area (TPSA) is 37.3 Å². The number of hydrogen-bond donors (Lipinski definition) is 1. The second-order valence-electron chi connectivity index (χ2n) is 3.63. The van der Waals surface area contributed by atoms with Crippen molar-refractivity contribution in [2.45, 2.75) is 35.3 Å². The molecule has 0 fully saturated rings. The average Bonchev–Trinajstić information content (AvgIpc) is 2.19. The zero-order valence-corrected chi connectivity index (χ0v) is 11.1. The molecule has 16 heavy (non-hydrogen) atoms. The molecule has 1 aromatic rings. The number of rotatable bonds is 6. The first-order valence-electron chi connectivity index (χ1n) is 5.19. The van der Waals surface area contributed by atoms with E-state index in [2.05, 4.69) is 38.1 Å². The molecule has 88 valence electrons. The second kappa shape index (κ2) is 6.86. The molecule has 0 radical (unpaired) electrons. The lowest BCUT2D eigenvalue weighted by molar-refractivity contribution is -0.136. The Hall–Kier alpha value is -0.610. The Balaban J connectivity index is 2.42. The van der Waals surface area contributed by atoms with Gasteiger partial charge in [0.1, 0.15) is 0 Å². The van der Waals surface area contributed by atoms with Crippen molar-refractivity contribution in [2.24, 2.45) is 0 Å². The highest BCUT2D eigenvalue weighted by Gasteiger charge is 2.00. The largest absolute Gasteiger partial charge is 0.481 e. The van der Waals surface area contributed by atoms with Crippen molar-refractivity contribution in [3.63, 3.8) is 0 Å². The van der Waals surface area contributed by atoms with Gasteiger partial charge in [-0.25, -0.2) is 0 Å². The highest BCUT2D eigenvalue weighted by Crippen LogP contribution is 2.26. The summed E-state index contributed by atoms with van der Waals surface area (Å²) in [4.78, 5) is 12.7. The Kier molecular flexibility index (Phi) is 5.77. The van der Waals surface area contributed by atoms with Crippen LogP contribution < -0.4 is 0 Å². The molecule has 0 saturated heterocycles. The molecule has 0 aliphatic rings. The number of aliphatic carboxylic acids is 1.